The Morgan fingerprint density at radius 2 is 2.10 bits per heavy atom. The summed E-state index contributed by atoms with van der Waals surface area (Å²) in [7, 11) is 0. The largest absolute Gasteiger partial charge is 0.343 e. The van der Waals surface area contributed by atoms with Crippen LogP contribution in [-0.2, 0) is 9.59 Å². The van der Waals surface area contributed by atoms with Gasteiger partial charge in [-0.3, -0.25) is 9.59 Å². The highest BCUT2D eigenvalue weighted by atomic mass is 16.2. The number of carbonyl (C=O) groups is 2. The van der Waals surface area contributed by atoms with Crippen molar-refractivity contribution in [3.8, 4) is 6.07 Å². The van der Waals surface area contributed by atoms with E-state index >= 15 is 0 Å². The lowest BCUT2D eigenvalue weighted by Gasteiger charge is -2.24. The van der Waals surface area contributed by atoms with E-state index in [-0.39, 0.29) is 29.8 Å². The molecule has 2 heterocycles. The van der Waals surface area contributed by atoms with E-state index in [9.17, 15) is 9.59 Å². The van der Waals surface area contributed by atoms with Gasteiger partial charge in [-0.1, -0.05) is 0 Å². The molecule has 0 radical (unpaired) electrons. The molecule has 0 unspecified atom stereocenters. The Kier molecular flexibility index (Phi) is 5.18. The Hall–Kier alpha value is -1.61. The monoisotopic (exact) mass is 292 g/mol. The lowest BCUT2D eigenvalue weighted by molar-refractivity contribution is -0.135. The number of nitrogens with one attached hydrogen (secondary N) is 1. The third-order valence-electron chi connectivity index (χ3n) is 4.54. The van der Waals surface area contributed by atoms with Gasteiger partial charge in [-0.05, 0) is 33.1 Å². The number of hydrogen-bond donors (Lipinski definition) is 1. The number of likely N-dealkylation sites (tertiary alicyclic amines) is 1. The molecule has 21 heavy (non-hydrogen) atoms. The van der Waals surface area contributed by atoms with E-state index in [0.29, 0.717) is 32.6 Å². The van der Waals surface area contributed by atoms with Crippen LogP contribution in [0, 0.1) is 17.2 Å². The zero-order valence-electron chi connectivity index (χ0n) is 12.8. The second-order valence-corrected chi connectivity index (χ2v) is 5.72. The molecule has 0 saturated carbocycles. The molecule has 2 fully saturated rings. The minimum atomic E-state index is -0.316. The molecule has 0 aromatic heterocycles. The predicted molar refractivity (Wildman–Crippen MR) is 78.2 cm³/mol. The summed E-state index contributed by atoms with van der Waals surface area (Å²) in [6, 6.07) is 1.58. The normalized spacial score (nSPS) is 28.4. The van der Waals surface area contributed by atoms with Crippen molar-refractivity contribution in [2.45, 2.75) is 45.2 Å². The highest BCUT2D eigenvalue weighted by Crippen LogP contribution is 2.23. The molecule has 0 bridgehead atoms. The maximum Gasteiger partial charge on any atom is 0.240 e. The highest BCUT2D eigenvalue weighted by Gasteiger charge is 2.39. The summed E-state index contributed by atoms with van der Waals surface area (Å²) < 4.78 is 0. The van der Waals surface area contributed by atoms with Crippen LogP contribution in [0.2, 0.25) is 0 Å². The first-order chi connectivity index (χ1) is 10.1. The average Bonchev–Trinajstić information content (AvgIpc) is 3.16. The van der Waals surface area contributed by atoms with Gasteiger partial charge in [-0.2, -0.15) is 5.26 Å². The van der Waals surface area contributed by atoms with Crippen LogP contribution < -0.4 is 5.32 Å². The maximum atomic E-state index is 12.5. The zero-order valence-corrected chi connectivity index (χ0v) is 12.8. The summed E-state index contributed by atoms with van der Waals surface area (Å²) in [6.45, 7) is 6.54. The van der Waals surface area contributed by atoms with Gasteiger partial charge >= 0.3 is 0 Å². The van der Waals surface area contributed by atoms with Crippen molar-refractivity contribution < 1.29 is 9.59 Å². The smallest absolute Gasteiger partial charge is 0.240 e. The van der Waals surface area contributed by atoms with Crippen LogP contribution in [0.5, 0.6) is 0 Å². The SMILES string of the molecule is CCN(CC)C(=O)[C@@H]1CN[C@H](C(=O)N2CCC[C@H]2C#N)C1. The Bertz CT molecular complexity index is 441. The van der Waals surface area contributed by atoms with Crippen LogP contribution in [-0.4, -0.2) is 59.9 Å². The van der Waals surface area contributed by atoms with Crippen molar-refractivity contribution in [1.29, 1.82) is 5.26 Å². The minimum absolute atomic E-state index is 0.0195. The molecule has 0 aliphatic carbocycles. The molecule has 2 aliphatic heterocycles. The molecule has 0 spiro atoms. The summed E-state index contributed by atoms with van der Waals surface area (Å²) in [6.07, 6.45) is 2.19. The summed E-state index contributed by atoms with van der Waals surface area (Å²) in [5, 5.41) is 12.2. The van der Waals surface area contributed by atoms with Gasteiger partial charge < -0.3 is 15.1 Å². The molecule has 0 aromatic carbocycles. The fourth-order valence-corrected chi connectivity index (χ4v) is 3.27. The third-order valence-corrected chi connectivity index (χ3v) is 4.54. The molecule has 2 rings (SSSR count). The first-order valence-corrected chi connectivity index (χ1v) is 7.84. The van der Waals surface area contributed by atoms with Gasteiger partial charge in [0.1, 0.15) is 6.04 Å². The molecular weight excluding hydrogens is 268 g/mol. The molecule has 3 atom stereocenters. The summed E-state index contributed by atoms with van der Waals surface area (Å²) in [5.41, 5.74) is 0. The molecule has 2 saturated heterocycles. The topological polar surface area (TPSA) is 76.4 Å². The average molecular weight is 292 g/mol. The quantitative estimate of drug-likeness (QED) is 0.811. The van der Waals surface area contributed by atoms with Crippen molar-refractivity contribution in [3.63, 3.8) is 0 Å². The molecular formula is C15H24N4O2. The molecule has 6 heteroatoms. The van der Waals surface area contributed by atoms with Crippen LogP contribution >= 0.6 is 0 Å². The van der Waals surface area contributed by atoms with E-state index in [1.807, 2.05) is 18.7 Å². The van der Waals surface area contributed by atoms with E-state index in [4.69, 9.17) is 5.26 Å². The van der Waals surface area contributed by atoms with E-state index in [2.05, 4.69) is 11.4 Å². The lowest BCUT2D eigenvalue weighted by atomic mass is 10.0. The number of nitrogens with zero attached hydrogens (tertiary/aromatic N) is 3. The predicted octanol–water partition coefficient (Wildman–Crippen LogP) is 0.347. The van der Waals surface area contributed by atoms with Gasteiger partial charge in [0.25, 0.3) is 0 Å². The van der Waals surface area contributed by atoms with Gasteiger partial charge in [-0.25, -0.2) is 0 Å². The fourth-order valence-electron chi connectivity index (χ4n) is 3.27. The zero-order chi connectivity index (χ0) is 15.4. The Labute approximate surface area is 126 Å². The standard InChI is InChI=1S/C15H24N4O2/c1-3-18(4-2)14(20)11-8-13(17-10-11)15(21)19-7-5-6-12(19)9-16/h11-13,17H,3-8,10H2,1-2H3/t11-,12-,13-/m0/s1. The molecule has 6 nitrogen and oxygen atoms in total. The van der Waals surface area contributed by atoms with Crippen molar-refractivity contribution >= 4 is 11.8 Å². The van der Waals surface area contributed by atoms with E-state index in [1.54, 1.807) is 4.90 Å². The second kappa shape index (κ2) is 6.90. The maximum absolute atomic E-state index is 12.5. The first kappa shape index (κ1) is 15.8. The van der Waals surface area contributed by atoms with Gasteiger partial charge in [0.05, 0.1) is 18.0 Å². The second-order valence-electron chi connectivity index (χ2n) is 5.72. The third kappa shape index (κ3) is 3.18. The number of amides is 2. The Morgan fingerprint density at radius 1 is 1.38 bits per heavy atom. The summed E-state index contributed by atoms with van der Waals surface area (Å²) in [4.78, 5) is 28.3. The molecule has 0 aromatic rings. The van der Waals surface area contributed by atoms with E-state index in [0.717, 1.165) is 12.8 Å². The van der Waals surface area contributed by atoms with Gasteiger partial charge in [-0.15, -0.1) is 0 Å². The minimum Gasteiger partial charge on any atom is -0.343 e. The Balaban J connectivity index is 1.94. The van der Waals surface area contributed by atoms with E-state index in [1.165, 1.54) is 0 Å². The van der Waals surface area contributed by atoms with E-state index < -0.39 is 0 Å². The number of rotatable bonds is 4. The van der Waals surface area contributed by atoms with Crippen molar-refractivity contribution in [1.82, 2.24) is 15.1 Å². The van der Waals surface area contributed by atoms with Crippen molar-refractivity contribution in [2.75, 3.05) is 26.2 Å². The van der Waals surface area contributed by atoms with Crippen LogP contribution in [0.15, 0.2) is 0 Å². The molecule has 2 amide bonds. The number of carbonyl (C=O) groups excluding carboxylic acids is 2. The van der Waals surface area contributed by atoms with Gasteiger partial charge in [0.2, 0.25) is 11.8 Å². The fraction of sp³-hybridized carbons (Fsp3) is 0.800. The lowest BCUT2D eigenvalue weighted by Crippen LogP contribution is -2.45. The van der Waals surface area contributed by atoms with Gasteiger partial charge in [0, 0.05) is 26.2 Å². The van der Waals surface area contributed by atoms with Crippen molar-refractivity contribution in [3.05, 3.63) is 0 Å². The molecule has 116 valence electrons. The summed E-state index contributed by atoms with van der Waals surface area (Å²) >= 11 is 0. The highest BCUT2D eigenvalue weighted by molar-refractivity contribution is 5.86. The van der Waals surface area contributed by atoms with Crippen LogP contribution in [0.1, 0.15) is 33.1 Å². The molecule has 1 N–H and O–H groups in total. The van der Waals surface area contributed by atoms with Crippen molar-refractivity contribution in [2.24, 2.45) is 5.92 Å². The summed E-state index contributed by atoms with van der Waals surface area (Å²) in [5.74, 6) is -0.0167. The van der Waals surface area contributed by atoms with Crippen LogP contribution in [0.4, 0.5) is 0 Å². The number of nitriles is 1. The molecule has 2 aliphatic rings. The first-order valence-electron chi connectivity index (χ1n) is 7.84. The van der Waals surface area contributed by atoms with Gasteiger partial charge in [0.15, 0.2) is 0 Å². The number of hydrogen-bond acceptors (Lipinski definition) is 4. The Morgan fingerprint density at radius 3 is 2.71 bits per heavy atom. The van der Waals surface area contributed by atoms with Crippen LogP contribution in [0.3, 0.4) is 0 Å². The van der Waals surface area contributed by atoms with Crippen LogP contribution in [0.25, 0.3) is 0 Å².